The van der Waals surface area contributed by atoms with E-state index in [1.165, 1.54) is 11.3 Å². The summed E-state index contributed by atoms with van der Waals surface area (Å²) < 4.78 is 5.72. The summed E-state index contributed by atoms with van der Waals surface area (Å²) in [6, 6.07) is 3.37. The number of amides is 1. The number of rotatable bonds is 7. The van der Waals surface area contributed by atoms with Crippen LogP contribution in [0, 0.1) is 0 Å². The van der Waals surface area contributed by atoms with Crippen molar-refractivity contribution < 1.29 is 9.53 Å². The maximum absolute atomic E-state index is 12.2. The number of thiophene rings is 1. The van der Waals surface area contributed by atoms with Crippen LogP contribution in [-0.4, -0.2) is 39.3 Å². The smallest absolute Gasteiger partial charge is 0.262 e. The van der Waals surface area contributed by atoms with Crippen LogP contribution in [0.5, 0.6) is 0 Å². The Morgan fingerprint density at radius 3 is 2.73 bits per heavy atom. The van der Waals surface area contributed by atoms with Gasteiger partial charge in [-0.1, -0.05) is 34.8 Å². The number of methoxy groups -OCH3 is 1. The van der Waals surface area contributed by atoms with Crippen molar-refractivity contribution in [2.75, 3.05) is 33.4 Å². The van der Waals surface area contributed by atoms with Gasteiger partial charge in [-0.3, -0.25) is 4.79 Å². The van der Waals surface area contributed by atoms with E-state index < -0.39 is 0 Å². The predicted octanol–water partition coefficient (Wildman–Crippen LogP) is 3.83. The lowest BCUT2D eigenvalue weighted by molar-refractivity contribution is 0.0958. The Labute approximate surface area is 147 Å². The number of hydrogen-bond acceptors (Lipinski definition) is 4. The van der Waals surface area contributed by atoms with Crippen LogP contribution in [0.25, 0.3) is 10.1 Å². The van der Waals surface area contributed by atoms with E-state index in [0.29, 0.717) is 45.0 Å². The summed E-state index contributed by atoms with van der Waals surface area (Å²) in [6.07, 6.45) is 0. The fraction of sp³-hybridized carbons (Fsp3) is 0.357. The van der Waals surface area contributed by atoms with E-state index >= 15 is 0 Å². The third-order valence-corrected chi connectivity index (χ3v) is 5.07. The minimum absolute atomic E-state index is 0.216. The Morgan fingerprint density at radius 1 is 1.23 bits per heavy atom. The van der Waals surface area contributed by atoms with Crippen LogP contribution in [0.15, 0.2) is 12.1 Å². The standard InChI is InChI=1S/C14H15Cl3N2O2S/c1-21-5-4-18-2-3-19-14(20)13-12(17)11-9(16)6-8(15)7-10(11)22-13/h6-7,18H,2-5H2,1H3,(H,19,20). The number of nitrogens with one attached hydrogen (secondary N) is 2. The van der Waals surface area contributed by atoms with Crippen molar-refractivity contribution in [3.63, 3.8) is 0 Å². The normalized spacial score (nSPS) is 11.1. The van der Waals surface area contributed by atoms with Gasteiger partial charge in [0, 0.05) is 41.9 Å². The first kappa shape index (κ1) is 17.8. The topological polar surface area (TPSA) is 50.4 Å². The van der Waals surface area contributed by atoms with Gasteiger partial charge in [-0.15, -0.1) is 11.3 Å². The number of carbonyl (C=O) groups is 1. The third-order valence-electron chi connectivity index (χ3n) is 2.93. The van der Waals surface area contributed by atoms with Gasteiger partial charge in [0.15, 0.2) is 0 Å². The van der Waals surface area contributed by atoms with Crippen molar-refractivity contribution in [2.45, 2.75) is 0 Å². The molecule has 0 saturated heterocycles. The van der Waals surface area contributed by atoms with Gasteiger partial charge in [0.1, 0.15) is 4.88 Å². The van der Waals surface area contributed by atoms with E-state index in [1.54, 1.807) is 19.2 Å². The second-order valence-electron chi connectivity index (χ2n) is 4.50. The van der Waals surface area contributed by atoms with E-state index in [4.69, 9.17) is 39.5 Å². The lowest BCUT2D eigenvalue weighted by Crippen LogP contribution is -2.32. The molecule has 0 atom stereocenters. The van der Waals surface area contributed by atoms with Gasteiger partial charge < -0.3 is 15.4 Å². The molecule has 2 rings (SSSR count). The van der Waals surface area contributed by atoms with Gasteiger partial charge >= 0.3 is 0 Å². The molecule has 22 heavy (non-hydrogen) atoms. The van der Waals surface area contributed by atoms with Gasteiger partial charge in [0.05, 0.1) is 16.7 Å². The zero-order valence-corrected chi connectivity index (χ0v) is 14.9. The molecular weight excluding hydrogens is 367 g/mol. The number of ether oxygens (including phenoxy) is 1. The van der Waals surface area contributed by atoms with E-state index in [2.05, 4.69) is 10.6 Å². The SMILES string of the molecule is COCCNCCNC(=O)c1sc2cc(Cl)cc(Cl)c2c1Cl. The second kappa shape index (κ2) is 8.34. The van der Waals surface area contributed by atoms with Gasteiger partial charge in [-0.25, -0.2) is 0 Å². The summed E-state index contributed by atoms with van der Waals surface area (Å²) in [6.45, 7) is 2.53. The van der Waals surface area contributed by atoms with Crippen LogP contribution in [0.2, 0.25) is 15.1 Å². The van der Waals surface area contributed by atoms with Crippen molar-refractivity contribution in [3.05, 3.63) is 32.1 Å². The molecule has 1 heterocycles. The zero-order chi connectivity index (χ0) is 16.1. The molecule has 0 unspecified atom stereocenters. The van der Waals surface area contributed by atoms with Crippen molar-refractivity contribution in [1.29, 1.82) is 0 Å². The molecule has 120 valence electrons. The Bertz CT molecular complexity index is 676. The Morgan fingerprint density at radius 2 is 2.00 bits per heavy atom. The lowest BCUT2D eigenvalue weighted by Gasteiger charge is -2.05. The summed E-state index contributed by atoms with van der Waals surface area (Å²) in [5, 5.41) is 7.96. The van der Waals surface area contributed by atoms with Gasteiger partial charge in [0.25, 0.3) is 5.91 Å². The number of hydrogen-bond donors (Lipinski definition) is 2. The molecule has 4 nitrogen and oxygen atoms in total. The molecule has 0 aliphatic rings. The average molecular weight is 382 g/mol. The maximum Gasteiger partial charge on any atom is 0.262 e. The molecule has 2 aromatic rings. The van der Waals surface area contributed by atoms with E-state index in [1.807, 2.05) is 0 Å². The van der Waals surface area contributed by atoms with E-state index in [9.17, 15) is 4.79 Å². The van der Waals surface area contributed by atoms with Crippen LogP contribution in [-0.2, 0) is 4.74 Å². The highest BCUT2D eigenvalue weighted by Gasteiger charge is 2.19. The van der Waals surface area contributed by atoms with Crippen LogP contribution in [0.1, 0.15) is 9.67 Å². The van der Waals surface area contributed by atoms with Gasteiger partial charge in [0.2, 0.25) is 0 Å². The molecule has 1 aromatic heterocycles. The van der Waals surface area contributed by atoms with Crippen LogP contribution >= 0.6 is 46.1 Å². The minimum atomic E-state index is -0.216. The molecular formula is C14H15Cl3N2O2S. The summed E-state index contributed by atoms with van der Waals surface area (Å²) in [5.74, 6) is -0.216. The number of carbonyl (C=O) groups excluding carboxylic acids is 1. The molecule has 2 N–H and O–H groups in total. The fourth-order valence-electron chi connectivity index (χ4n) is 1.90. The highest BCUT2D eigenvalue weighted by Crippen LogP contribution is 2.41. The average Bonchev–Trinajstić information content (AvgIpc) is 2.79. The monoisotopic (exact) mass is 380 g/mol. The molecule has 0 saturated carbocycles. The van der Waals surface area contributed by atoms with E-state index in [0.717, 1.165) is 11.2 Å². The zero-order valence-electron chi connectivity index (χ0n) is 11.8. The second-order valence-corrected chi connectivity index (χ2v) is 6.78. The fourth-order valence-corrected chi connectivity index (χ4v) is 4.20. The molecule has 0 fully saturated rings. The van der Waals surface area contributed by atoms with Crippen molar-refractivity contribution in [2.24, 2.45) is 0 Å². The summed E-state index contributed by atoms with van der Waals surface area (Å²) in [5.41, 5.74) is 0. The molecule has 0 aliphatic heterocycles. The predicted molar refractivity (Wildman–Crippen MR) is 93.9 cm³/mol. The molecule has 8 heteroatoms. The third kappa shape index (κ3) is 4.25. The molecule has 0 aliphatic carbocycles. The molecule has 0 spiro atoms. The van der Waals surface area contributed by atoms with Crippen LogP contribution in [0.3, 0.4) is 0 Å². The maximum atomic E-state index is 12.2. The summed E-state index contributed by atoms with van der Waals surface area (Å²) in [7, 11) is 1.64. The number of halogens is 3. The van der Waals surface area contributed by atoms with Crippen molar-refractivity contribution >= 4 is 62.1 Å². The van der Waals surface area contributed by atoms with E-state index in [-0.39, 0.29) is 5.91 Å². The Balaban J connectivity index is 2.03. The number of fused-ring (bicyclic) bond motifs is 1. The lowest BCUT2D eigenvalue weighted by atomic mass is 10.2. The highest BCUT2D eigenvalue weighted by atomic mass is 35.5. The van der Waals surface area contributed by atoms with Gasteiger partial charge in [-0.2, -0.15) is 0 Å². The first-order valence-corrected chi connectivity index (χ1v) is 8.54. The molecule has 1 aromatic carbocycles. The largest absolute Gasteiger partial charge is 0.383 e. The molecule has 1 amide bonds. The molecule has 0 radical (unpaired) electrons. The van der Waals surface area contributed by atoms with Crippen LogP contribution < -0.4 is 10.6 Å². The summed E-state index contributed by atoms with van der Waals surface area (Å²) in [4.78, 5) is 12.6. The first-order valence-electron chi connectivity index (χ1n) is 6.59. The summed E-state index contributed by atoms with van der Waals surface area (Å²) >= 11 is 19.7. The number of benzene rings is 1. The first-order chi connectivity index (χ1) is 10.5. The van der Waals surface area contributed by atoms with Crippen molar-refractivity contribution in [1.82, 2.24) is 10.6 Å². The minimum Gasteiger partial charge on any atom is -0.383 e. The molecule has 0 bridgehead atoms. The quantitative estimate of drug-likeness (QED) is 0.717. The van der Waals surface area contributed by atoms with Gasteiger partial charge in [-0.05, 0) is 12.1 Å². The highest BCUT2D eigenvalue weighted by molar-refractivity contribution is 7.21. The Hall–Kier alpha value is -0.560. The van der Waals surface area contributed by atoms with Crippen molar-refractivity contribution in [3.8, 4) is 0 Å². The Kier molecular flexibility index (Phi) is 6.74. The van der Waals surface area contributed by atoms with Crippen LogP contribution in [0.4, 0.5) is 0 Å².